The van der Waals surface area contributed by atoms with E-state index in [2.05, 4.69) is 9.17 Å². The molecular weight excluding hydrogens is 556 g/mol. The van der Waals surface area contributed by atoms with Gasteiger partial charge in [-0.1, -0.05) is 11.8 Å². The molecule has 4 rings (SSSR count). The van der Waals surface area contributed by atoms with E-state index in [0.717, 1.165) is 34.2 Å². The molecular formula is C19H16N4O11S3. The van der Waals surface area contributed by atoms with E-state index < -0.39 is 50.2 Å². The van der Waals surface area contributed by atoms with Crippen molar-refractivity contribution in [2.75, 3.05) is 0 Å². The van der Waals surface area contributed by atoms with Gasteiger partial charge in [-0.25, -0.2) is 14.0 Å². The van der Waals surface area contributed by atoms with Gasteiger partial charge in [0.1, 0.15) is 18.5 Å². The number of β-lactam (4-membered cyclic amide) rings is 1. The summed E-state index contributed by atoms with van der Waals surface area (Å²) in [5, 5.41) is 21.6. The van der Waals surface area contributed by atoms with Crippen LogP contribution in [0.15, 0.2) is 45.4 Å². The van der Waals surface area contributed by atoms with Crippen LogP contribution in [0.5, 0.6) is 0 Å². The molecule has 2 aliphatic rings. The summed E-state index contributed by atoms with van der Waals surface area (Å²) in [6.45, 7) is 1.02. The van der Waals surface area contributed by atoms with Crippen molar-refractivity contribution in [3.63, 3.8) is 0 Å². The summed E-state index contributed by atoms with van der Waals surface area (Å²) in [4.78, 5) is 52.0. The number of esters is 1. The van der Waals surface area contributed by atoms with E-state index in [9.17, 15) is 38.2 Å². The predicted octanol–water partition coefficient (Wildman–Crippen LogP) is 2.45. The first-order chi connectivity index (χ1) is 17.4. The van der Waals surface area contributed by atoms with Crippen molar-refractivity contribution in [2.45, 2.75) is 36.4 Å². The molecule has 0 saturated carbocycles. The van der Waals surface area contributed by atoms with Crippen molar-refractivity contribution >= 4 is 56.1 Å². The van der Waals surface area contributed by atoms with Crippen molar-refractivity contribution in [1.29, 1.82) is 0 Å². The average Bonchev–Trinajstić information content (AvgIpc) is 3.40. The minimum atomic E-state index is -4.84. The van der Waals surface area contributed by atoms with E-state index in [1.807, 2.05) is 0 Å². The van der Waals surface area contributed by atoms with Crippen LogP contribution >= 0.6 is 23.1 Å². The van der Waals surface area contributed by atoms with Crippen LogP contribution < -0.4 is 0 Å². The van der Waals surface area contributed by atoms with Crippen molar-refractivity contribution in [1.82, 2.24) is 9.88 Å². The van der Waals surface area contributed by atoms with E-state index in [-0.39, 0.29) is 33.8 Å². The molecule has 1 N–H and O–H groups in total. The zero-order valence-corrected chi connectivity index (χ0v) is 21.0. The van der Waals surface area contributed by atoms with Crippen LogP contribution in [0, 0.1) is 26.1 Å². The molecule has 18 heteroatoms. The van der Waals surface area contributed by atoms with Crippen LogP contribution in [-0.4, -0.2) is 56.7 Å². The van der Waals surface area contributed by atoms with E-state index >= 15 is 0 Å². The highest BCUT2D eigenvalue weighted by atomic mass is 32.3. The fraction of sp³-hybridized carbons (Fsp3) is 0.316. The number of fused-ring (bicyclic) bond motifs is 1. The molecule has 15 nitrogen and oxygen atoms in total. The zero-order valence-electron chi connectivity index (χ0n) is 18.6. The lowest BCUT2D eigenvalue weighted by Gasteiger charge is -2.45. The largest absolute Gasteiger partial charge is 0.456 e. The van der Waals surface area contributed by atoms with Gasteiger partial charge in [0.15, 0.2) is 4.34 Å². The Kier molecular flexibility index (Phi) is 7.29. The first-order valence-electron chi connectivity index (χ1n) is 10.3. The maximum absolute atomic E-state index is 13.1. The van der Waals surface area contributed by atoms with E-state index in [1.54, 1.807) is 0 Å². The highest BCUT2D eigenvalue weighted by Gasteiger charge is 2.58. The Balaban J connectivity index is 1.56. The second kappa shape index (κ2) is 10.1. The van der Waals surface area contributed by atoms with E-state index in [0.29, 0.717) is 10.5 Å². The van der Waals surface area contributed by atoms with E-state index in [4.69, 9.17) is 9.29 Å². The number of nitrogens with zero attached hydrogens (tertiary/aromatic N) is 4. The van der Waals surface area contributed by atoms with Crippen LogP contribution in [0.3, 0.4) is 0 Å². The number of thioether (sulfide) groups is 1. The third kappa shape index (κ3) is 5.62. The summed E-state index contributed by atoms with van der Waals surface area (Å²) < 4.78 is 41.3. The third-order valence-corrected chi connectivity index (χ3v) is 8.20. The normalized spacial score (nSPS) is 19.8. The molecule has 2 aromatic rings. The number of ether oxygens (including phenoxy) is 1. The van der Waals surface area contributed by atoms with Crippen LogP contribution in [-0.2, 0) is 35.5 Å². The Bertz CT molecular complexity index is 1420. The Morgan fingerprint density at radius 1 is 1.30 bits per heavy atom. The number of nitro benzene ring substituents is 1. The zero-order chi connectivity index (χ0) is 27.1. The van der Waals surface area contributed by atoms with Crippen molar-refractivity contribution < 1.29 is 41.3 Å². The van der Waals surface area contributed by atoms with Gasteiger partial charge in [-0.2, -0.15) is 8.42 Å². The number of nitro groups is 2. The van der Waals surface area contributed by atoms with Crippen molar-refractivity contribution in [3.05, 3.63) is 66.9 Å². The van der Waals surface area contributed by atoms with Crippen molar-refractivity contribution in [2.24, 2.45) is 5.92 Å². The van der Waals surface area contributed by atoms with Gasteiger partial charge < -0.3 is 9.64 Å². The molecule has 0 bridgehead atoms. The average molecular weight is 573 g/mol. The fourth-order valence-electron chi connectivity index (χ4n) is 3.97. The number of aromatic nitrogens is 1. The maximum Gasteiger partial charge on any atom is 0.397 e. The highest BCUT2D eigenvalue weighted by molar-refractivity contribution is 8.04. The van der Waals surface area contributed by atoms with Gasteiger partial charge in [-0.15, -0.1) is 0 Å². The molecule has 1 aromatic carbocycles. The Morgan fingerprint density at radius 2 is 1.97 bits per heavy atom. The smallest absolute Gasteiger partial charge is 0.397 e. The van der Waals surface area contributed by atoms with Crippen LogP contribution in [0.2, 0.25) is 0 Å². The summed E-state index contributed by atoms with van der Waals surface area (Å²) in [5.74, 6) is -2.53. The van der Waals surface area contributed by atoms with E-state index in [1.165, 1.54) is 31.2 Å². The first kappa shape index (κ1) is 26.6. The standard InChI is InChI=1S/C19H16N4O11S3/c1-9(34-37(30,31)32)15-12-6-13(35-19-20-7-14(36-19)23(28)29)16(21(12)17(15)24)18(25)33-8-10-2-4-11(5-3-10)22(26)27/h2-5,7,9,12,15H,6,8H2,1H3,(H,30,31,32)/t9-,12+,15-/m0/s1. The molecule has 1 aromatic heterocycles. The second-order valence-corrected chi connectivity index (χ2v) is 11.2. The number of rotatable bonds is 10. The van der Waals surface area contributed by atoms with Crippen molar-refractivity contribution in [3.8, 4) is 0 Å². The van der Waals surface area contributed by atoms with Gasteiger partial charge in [-0.3, -0.25) is 29.6 Å². The summed E-state index contributed by atoms with van der Waals surface area (Å²) in [6.07, 6.45) is -0.0957. The lowest BCUT2D eigenvalue weighted by Crippen LogP contribution is -2.62. The molecule has 3 heterocycles. The summed E-state index contributed by atoms with van der Waals surface area (Å²) in [7, 11) is -4.84. The summed E-state index contributed by atoms with van der Waals surface area (Å²) >= 11 is 1.70. The highest BCUT2D eigenvalue weighted by Crippen LogP contribution is 2.50. The van der Waals surface area contributed by atoms with Crippen LogP contribution in [0.4, 0.5) is 10.7 Å². The monoisotopic (exact) mass is 572 g/mol. The molecule has 0 spiro atoms. The van der Waals surface area contributed by atoms with Gasteiger partial charge in [0.2, 0.25) is 5.91 Å². The molecule has 1 saturated heterocycles. The summed E-state index contributed by atoms with van der Waals surface area (Å²) in [6, 6.07) is 4.60. The molecule has 1 amide bonds. The number of hydrogen-bond acceptors (Lipinski definition) is 13. The Morgan fingerprint density at radius 3 is 2.54 bits per heavy atom. The van der Waals surface area contributed by atoms with Gasteiger partial charge >= 0.3 is 21.4 Å². The quantitative estimate of drug-likeness (QED) is 0.143. The number of carbonyl (C=O) groups excluding carboxylic acids is 2. The Labute approximate surface area is 216 Å². The molecule has 0 unspecified atom stereocenters. The van der Waals surface area contributed by atoms with Gasteiger partial charge in [0, 0.05) is 23.5 Å². The van der Waals surface area contributed by atoms with Crippen LogP contribution in [0.1, 0.15) is 18.9 Å². The third-order valence-electron chi connectivity index (χ3n) is 5.52. The topological polar surface area (TPSA) is 209 Å². The lowest BCUT2D eigenvalue weighted by atomic mass is 9.83. The second-order valence-electron chi connectivity index (χ2n) is 7.83. The number of thiazole rings is 1. The number of non-ortho nitro benzene ring substituents is 1. The number of benzene rings is 1. The lowest BCUT2D eigenvalue weighted by molar-refractivity contribution is -0.384. The first-order valence-corrected chi connectivity index (χ1v) is 13.3. The van der Waals surface area contributed by atoms with Gasteiger partial charge in [0.25, 0.3) is 5.69 Å². The minimum absolute atomic E-state index is 0.0790. The van der Waals surface area contributed by atoms with Gasteiger partial charge in [0.05, 0.1) is 27.9 Å². The molecule has 2 aliphatic heterocycles. The molecule has 196 valence electrons. The SMILES string of the molecule is C[C@H](OS(=O)(=O)O)[C@@H]1C(=O)N2C(C(=O)OCc3ccc([N+](=O)[O-])cc3)=C(Sc3ncc([N+](=O)[O-])s3)C[C@H]12. The number of amides is 1. The van der Waals surface area contributed by atoms with Crippen LogP contribution in [0.25, 0.3) is 0 Å². The summed E-state index contributed by atoms with van der Waals surface area (Å²) in [5.41, 5.74) is 0.169. The molecule has 0 aliphatic carbocycles. The number of carbonyl (C=O) groups is 2. The minimum Gasteiger partial charge on any atom is -0.456 e. The Hall–Kier alpha value is -3.45. The molecule has 3 atom stereocenters. The molecule has 0 radical (unpaired) electrons. The predicted molar refractivity (Wildman–Crippen MR) is 125 cm³/mol. The molecule has 37 heavy (non-hydrogen) atoms. The fourth-order valence-corrected chi connectivity index (χ4v) is 6.51. The number of hydrogen-bond donors (Lipinski definition) is 1. The van der Waals surface area contributed by atoms with Gasteiger partial charge in [-0.05, 0) is 36.0 Å². The molecule has 1 fully saturated rings. The maximum atomic E-state index is 13.1.